The summed E-state index contributed by atoms with van der Waals surface area (Å²) < 4.78 is 42.1. The van der Waals surface area contributed by atoms with Crippen molar-refractivity contribution >= 4 is 50.7 Å². The van der Waals surface area contributed by atoms with E-state index in [4.69, 9.17) is 16.0 Å². The Labute approximate surface area is 208 Å². The van der Waals surface area contributed by atoms with E-state index in [0.717, 1.165) is 41.7 Å². The molecule has 1 aliphatic heterocycles. The highest BCUT2D eigenvalue weighted by Gasteiger charge is 2.33. The number of anilines is 3. The molecular weight excluding hydrogens is 498 g/mol. The minimum atomic E-state index is -3.93. The maximum atomic E-state index is 13.1. The van der Waals surface area contributed by atoms with Crippen molar-refractivity contribution in [3.8, 4) is 5.75 Å². The number of hydrogen-bond acceptors (Lipinski definition) is 9. The lowest BCUT2D eigenvalue weighted by Gasteiger charge is -2.21. The van der Waals surface area contributed by atoms with Crippen molar-refractivity contribution in [1.29, 1.82) is 0 Å². The third-order valence-electron chi connectivity index (χ3n) is 5.94. The molecule has 0 radical (unpaired) electrons. The molecule has 184 valence electrons. The van der Waals surface area contributed by atoms with Crippen LogP contribution in [0.4, 0.5) is 17.3 Å². The topological polar surface area (TPSA) is 121 Å². The Kier molecular flexibility index (Phi) is 7.09. The second-order valence-corrected chi connectivity index (χ2v) is 11.5. The molecule has 1 aliphatic rings. The molecule has 0 bridgehead atoms. The molecular formula is C22H28ClN5O4S2. The number of aryl methyl sites for hydroxylation is 2. The van der Waals surface area contributed by atoms with Gasteiger partial charge < -0.3 is 20.2 Å². The number of phenolic OH excluding ortho intramolecular Hbond substituents is 1. The molecule has 12 heteroatoms. The molecule has 0 spiro atoms. The molecule has 0 unspecified atom stereocenters. The van der Waals surface area contributed by atoms with Gasteiger partial charge in [-0.15, -0.1) is 0 Å². The van der Waals surface area contributed by atoms with Crippen LogP contribution >= 0.6 is 23.3 Å². The van der Waals surface area contributed by atoms with Gasteiger partial charge >= 0.3 is 0 Å². The van der Waals surface area contributed by atoms with Crippen LogP contribution in [0.3, 0.4) is 0 Å². The van der Waals surface area contributed by atoms with Gasteiger partial charge in [-0.3, -0.25) is 0 Å². The minimum absolute atomic E-state index is 0.0341. The summed E-state index contributed by atoms with van der Waals surface area (Å²) in [6.07, 6.45) is 1.56. The number of benzene rings is 1. The van der Waals surface area contributed by atoms with Crippen molar-refractivity contribution in [3.63, 3.8) is 0 Å². The van der Waals surface area contributed by atoms with Crippen LogP contribution in [0.2, 0.25) is 5.02 Å². The molecule has 1 aromatic carbocycles. The first kappa shape index (κ1) is 24.8. The highest BCUT2D eigenvalue weighted by molar-refractivity contribution is 7.89. The monoisotopic (exact) mass is 525 g/mol. The number of furan rings is 1. The quantitative estimate of drug-likeness (QED) is 0.332. The third kappa shape index (κ3) is 4.74. The Balaban J connectivity index is 1.63. The summed E-state index contributed by atoms with van der Waals surface area (Å²) in [7, 11) is -3.93. The molecule has 34 heavy (non-hydrogen) atoms. The molecule has 3 heterocycles. The third-order valence-corrected chi connectivity index (χ3v) is 8.87. The summed E-state index contributed by atoms with van der Waals surface area (Å²) in [4.78, 5) is -0.305. The maximum absolute atomic E-state index is 13.1. The zero-order chi connectivity index (χ0) is 24.6. The van der Waals surface area contributed by atoms with Crippen LogP contribution in [0, 0.1) is 19.8 Å². The Morgan fingerprint density at radius 2 is 1.85 bits per heavy atom. The summed E-state index contributed by atoms with van der Waals surface area (Å²) in [5.41, 5.74) is 1.23. The number of nitrogens with zero attached hydrogens (tertiary/aromatic N) is 3. The molecule has 0 saturated carbocycles. The van der Waals surface area contributed by atoms with Gasteiger partial charge in [-0.05, 0) is 56.4 Å². The van der Waals surface area contributed by atoms with Crippen molar-refractivity contribution < 1.29 is 17.9 Å². The number of sulfonamides is 1. The van der Waals surface area contributed by atoms with Crippen molar-refractivity contribution in [2.24, 2.45) is 5.92 Å². The molecule has 0 amide bonds. The van der Waals surface area contributed by atoms with Crippen LogP contribution < -0.4 is 10.6 Å². The van der Waals surface area contributed by atoms with E-state index in [9.17, 15) is 13.5 Å². The van der Waals surface area contributed by atoms with E-state index in [0.29, 0.717) is 24.7 Å². The van der Waals surface area contributed by atoms with E-state index in [-0.39, 0.29) is 27.6 Å². The maximum Gasteiger partial charge on any atom is 0.248 e. The summed E-state index contributed by atoms with van der Waals surface area (Å²) in [5, 5.41) is 17.3. The van der Waals surface area contributed by atoms with Crippen LogP contribution in [-0.2, 0) is 10.0 Å². The van der Waals surface area contributed by atoms with E-state index in [1.165, 1.54) is 16.4 Å². The van der Waals surface area contributed by atoms with Crippen LogP contribution in [0.1, 0.15) is 49.8 Å². The minimum Gasteiger partial charge on any atom is -0.504 e. The average Bonchev–Trinajstić information content (AvgIpc) is 3.51. The molecule has 3 aromatic rings. The Bertz CT molecular complexity index is 1260. The molecule has 1 atom stereocenters. The van der Waals surface area contributed by atoms with E-state index < -0.39 is 15.8 Å². The fraction of sp³-hybridized carbons (Fsp3) is 0.455. The smallest absolute Gasteiger partial charge is 0.248 e. The fourth-order valence-corrected chi connectivity index (χ4v) is 6.50. The Morgan fingerprint density at radius 3 is 2.47 bits per heavy atom. The van der Waals surface area contributed by atoms with Gasteiger partial charge in [-0.25, -0.2) is 8.42 Å². The van der Waals surface area contributed by atoms with Crippen LogP contribution in [0.25, 0.3) is 0 Å². The van der Waals surface area contributed by atoms with Gasteiger partial charge in [0.2, 0.25) is 10.0 Å². The van der Waals surface area contributed by atoms with E-state index in [1.54, 1.807) is 0 Å². The molecule has 2 aromatic heterocycles. The van der Waals surface area contributed by atoms with Gasteiger partial charge in [0.05, 0.1) is 28.5 Å². The number of aromatic nitrogens is 2. The van der Waals surface area contributed by atoms with Gasteiger partial charge in [-0.2, -0.15) is 13.1 Å². The lowest BCUT2D eigenvalue weighted by molar-refractivity contribution is 0.408. The van der Waals surface area contributed by atoms with Crippen molar-refractivity contribution in [1.82, 2.24) is 13.1 Å². The van der Waals surface area contributed by atoms with Crippen molar-refractivity contribution in [2.75, 3.05) is 23.7 Å². The molecule has 1 fully saturated rings. The molecule has 0 aliphatic carbocycles. The Hall–Kier alpha value is -2.34. The van der Waals surface area contributed by atoms with Gasteiger partial charge in [0.25, 0.3) is 0 Å². The number of halogens is 1. The number of rotatable bonds is 8. The fourth-order valence-electron chi connectivity index (χ4n) is 3.91. The predicted octanol–water partition coefficient (Wildman–Crippen LogP) is 5.44. The predicted molar refractivity (Wildman–Crippen MR) is 134 cm³/mol. The first-order valence-electron chi connectivity index (χ1n) is 11.0. The van der Waals surface area contributed by atoms with Crippen molar-refractivity contribution in [3.05, 3.63) is 40.3 Å². The van der Waals surface area contributed by atoms with Gasteiger partial charge in [0, 0.05) is 13.1 Å². The van der Waals surface area contributed by atoms with Crippen LogP contribution in [0.15, 0.2) is 27.5 Å². The summed E-state index contributed by atoms with van der Waals surface area (Å²) in [6.45, 7) is 8.86. The van der Waals surface area contributed by atoms with Gasteiger partial charge in [-0.1, -0.05) is 25.4 Å². The zero-order valence-corrected chi connectivity index (χ0v) is 21.8. The first-order valence-corrected chi connectivity index (χ1v) is 13.6. The van der Waals surface area contributed by atoms with Crippen LogP contribution in [-0.4, -0.2) is 39.7 Å². The normalized spacial score (nSPS) is 15.7. The molecule has 3 N–H and O–H groups in total. The highest BCUT2D eigenvalue weighted by atomic mass is 35.5. The average molecular weight is 526 g/mol. The van der Waals surface area contributed by atoms with Gasteiger partial charge in [0.15, 0.2) is 17.4 Å². The van der Waals surface area contributed by atoms with Crippen LogP contribution in [0.5, 0.6) is 5.75 Å². The molecule has 4 rings (SSSR count). The summed E-state index contributed by atoms with van der Waals surface area (Å²) >= 11 is 7.21. The highest BCUT2D eigenvalue weighted by Crippen LogP contribution is 2.41. The number of nitrogens with one attached hydrogen (secondary N) is 2. The number of phenols is 1. The Morgan fingerprint density at radius 1 is 1.18 bits per heavy atom. The second-order valence-electron chi connectivity index (χ2n) is 8.72. The number of aromatic hydroxyl groups is 1. The first-order chi connectivity index (χ1) is 16.1. The summed E-state index contributed by atoms with van der Waals surface area (Å²) in [5.74, 6) is 2.20. The lowest BCUT2D eigenvalue weighted by Crippen LogP contribution is -2.28. The standard InChI is InChI=1S/C22H28ClN5O4S2/c1-12(2)18(17-11-13(3)14(4)32-17)25-22-21(26-33-27-22)24-16-8-7-15(23)20(19(16)29)34(30,31)28-9-5-6-10-28/h7-8,11-12,18,29H,5-6,9-10H2,1-4H3,(H,24,26)(H,25,27)/t18-/m1/s1. The summed E-state index contributed by atoms with van der Waals surface area (Å²) in [6, 6.07) is 4.80. The van der Waals surface area contributed by atoms with Gasteiger partial charge in [0.1, 0.15) is 16.4 Å². The second kappa shape index (κ2) is 9.73. The van der Waals surface area contributed by atoms with E-state index >= 15 is 0 Å². The SMILES string of the molecule is Cc1cc([C@H](Nc2nsnc2Nc2ccc(Cl)c(S(=O)(=O)N3CCCC3)c2O)C(C)C)oc1C. The van der Waals surface area contributed by atoms with E-state index in [1.807, 2.05) is 19.9 Å². The zero-order valence-electron chi connectivity index (χ0n) is 19.4. The number of hydrogen-bond donors (Lipinski definition) is 3. The largest absolute Gasteiger partial charge is 0.504 e. The lowest BCUT2D eigenvalue weighted by atomic mass is 10.0. The molecule has 9 nitrogen and oxygen atoms in total. The molecule has 1 saturated heterocycles. The van der Waals surface area contributed by atoms with Crippen molar-refractivity contribution in [2.45, 2.75) is 51.5 Å². The van der Waals surface area contributed by atoms with E-state index in [2.05, 4.69) is 33.2 Å².